The summed E-state index contributed by atoms with van der Waals surface area (Å²) in [7, 11) is 0. The van der Waals surface area contributed by atoms with E-state index in [1.165, 1.54) is 17.5 Å². The van der Waals surface area contributed by atoms with E-state index >= 15 is 0 Å². The number of nitrogens with zero attached hydrogens (tertiary/aromatic N) is 1. The topological polar surface area (TPSA) is 58.6 Å². The van der Waals surface area contributed by atoms with Crippen molar-refractivity contribution >= 4 is 11.8 Å². The van der Waals surface area contributed by atoms with Crippen molar-refractivity contribution in [2.75, 3.05) is 19.7 Å². The van der Waals surface area contributed by atoms with Gasteiger partial charge in [-0.1, -0.05) is 6.07 Å². The van der Waals surface area contributed by atoms with E-state index in [9.17, 15) is 9.59 Å². The molecule has 0 saturated carbocycles. The SMILES string of the molecule is O=C1CO[C@H]2CN(C(=O)c3ccc4c(c3)CCC4)C[C@@H]2N1. The Hall–Kier alpha value is -1.88. The van der Waals surface area contributed by atoms with E-state index in [-0.39, 0.29) is 30.6 Å². The van der Waals surface area contributed by atoms with E-state index in [0.717, 1.165) is 18.4 Å². The number of carbonyl (C=O) groups is 2. The van der Waals surface area contributed by atoms with Crippen LogP contribution in [0.3, 0.4) is 0 Å². The molecule has 2 fully saturated rings. The molecule has 0 unspecified atom stereocenters. The Balaban J connectivity index is 1.52. The van der Waals surface area contributed by atoms with Gasteiger partial charge >= 0.3 is 0 Å². The van der Waals surface area contributed by atoms with Crippen LogP contribution >= 0.6 is 0 Å². The summed E-state index contributed by atoms with van der Waals surface area (Å²) in [5.74, 6) is -0.0555. The molecular formula is C16H18N2O3. The average molecular weight is 286 g/mol. The van der Waals surface area contributed by atoms with Crippen LogP contribution in [0, 0.1) is 0 Å². The van der Waals surface area contributed by atoms with Crippen LogP contribution in [-0.4, -0.2) is 48.6 Å². The maximum atomic E-state index is 12.6. The number of benzene rings is 1. The monoisotopic (exact) mass is 286 g/mol. The predicted octanol–water partition coefficient (Wildman–Crippen LogP) is 0.515. The third-order valence-corrected chi connectivity index (χ3v) is 4.67. The van der Waals surface area contributed by atoms with Crippen molar-refractivity contribution in [2.45, 2.75) is 31.4 Å². The molecule has 1 aromatic carbocycles. The second-order valence-corrected chi connectivity index (χ2v) is 6.07. The molecule has 5 nitrogen and oxygen atoms in total. The summed E-state index contributed by atoms with van der Waals surface area (Å²) in [4.78, 5) is 25.8. The Morgan fingerprint density at radius 2 is 2.10 bits per heavy atom. The van der Waals surface area contributed by atoms with Gasteiger partial charge in [-0.15, -0.1) is 0 Å². The Morgan fingerprint density at radius 3 is 3.00 bits per heavy atom. The first-order valence-electron chi connectivity index (χ1n) is 7.53. The minimum atomic E-state index is -0.0944. The smallest absolute Gasteiger partial charge is 0.254 e. The van der Waals surface area contributed by atoms with Crippen molar-refractivity contribution in [3.63, 3.8) is 0 Å². The number of likely N-dealkylation sites (tertiary alicyclic amines) is 1. The summed E-state index contributed by atoms with van der Waals surface area (Å²) in [6, 6.07) is 5.97. The lowest BCUT2D eigenvalue weighted by atomic mass is 10.1. The number of aryl methyl sites for hydroxylation is 2. The lowest BCUT2D eigenvalue weighted by Gasteiger charge is -2.24. The summed E-state index contributed by atoms with van der Waals surface area (Å²) >= 11 is 0. The molecule has 2 aliphatic heterocycles. The number of ether oxygens (including phenoxy) is 1. The molecular weight excluding hydrogens is 268 g/mol. The molecule has 110 valence electrons. The van der Waals surface area contributed by atoms with E-state index in [0.29, 0.717) is 13.1 Å². The van der Waals surface area contributed by atoms with Crippen molar-refractivity contribution in [2.24, 2.45) is 0 Å². The predicted molar refractivity (Wildman–Crippen MR) is 76.0 cm³/mol. The first-order valence-corrected chi connectivity index (χ1v) is 7.53. The van der Waals surface area contributed by atoms with Crippen molar-refractivity contribution in [3.8, 4) is 0 Å². The number of nitrogens with one attached hydrogen (secondary N) is 1. The highest BCUT2D eigenvalue weighted by molar-refractivity contribution is 5.95. The molecule has 5 heteroatoms. The minimum Gasteiger partial charge on any atom is -0.364 e. The average Bonchev–Trinajstić information content (AvgIpc) is 3.11. The Bertz CT molecular complexity index is 614. The van der Waals surface area contributed by atoms with Crippen LogP contribution in [0.2, 0.25) is 0 Å². The van der Waals surface area contributed by atoms with Gasteiger partial charge in [-0.2, -0.15) is 0 Å². The first-order chi connectivity index (χ1) is 10.2. The van der Waals surface area contributed by atoms with E-state index in [2.05, 4.69) is 11.4 Å². The molecule has 0 bridgehead atoms. The number of carbonyl (C=O) groups excluding carboxylic acids is 2. The van der Waals surface area contributed by atoms with Crippen LogP contribution in [0.15, 0.2) is 18.2 Å². The lowest BCUT2D eigenvalue weighted by molar-refractivity contribution is -0.134. The van der Waals surface area contributed by atoms with Gasteiger partial charge in [0.05, 0.1) is 12.1 Å². The molecule has 2 amide bonds. The fourth-order valence-electron chi connectivity index (χ4n) is 3.57. The van der Waals surface area contributed by atoms with Gasteiger partial charge in [-0.25, -0.2) is 0 Å². The number of rotatable bonds is 1. The zero-order valence-electron chi connectivity index (χ0n) is 11.8. The van der Waals surface area contributed by atoms with Crippen molar-refractivity contribution < 1.29 is 14.3 Å². The quantitative estimate of drug-likeness (QED) is 0.818. The first kappa shape index (κ1) is 12.8. The van der Waals surface area contributed by atoms with Gasteiger partial charge in [0.2, 0.25) is 5.91 Å². The Labute approximate surface area is 123 Å². The van der Waals surface area contributed by atoms with E-state index in [1.807, 2.05) is 12.1 Å². The maximum Gasteiger partial charge on any atom is 0.254 e. The zero-order chi connectivity index (χ0) is 14.4. The Morgan fingerprint density at radius 1 is 1.24 bits per heavy atom. The molecule has 4 rings (SSSR count). The number of hydrogen-bond donors (Lipinski definition) is 1. The van der Waals surface area contributed by atoms with Gasteiger partial charge < -0.3 is 15.0 Å². The molecule has 1 aliphatic carbocycles. The van der Waals surface area contributed by atoms with E-state index in [1.54, 1.807) is 4.90 Å². The Kier molecular flexibility index (Phi) is 2.96. The highest BCUT2D eigenvalue weighted by atomic mass is 16.5. The minimum absolute atomic E-state index is 0.0388. The zero-order valence-corrected chi connectivity index (χ0v) is 11.8. The fraction of sp³-hybridized carbons (Fsp3) is 0.500. The van der Waals surface area contributed by atoms with Crippen LogP contribution < -0.4 is 5.32 Å². The summed E-state index contributed by atoms with van der Waals surface area (Å²) in [5, 5.41) is 2.90. The molecule has 21 heavy (non-hydrogen) atoms. The van der Waals surface area contributed by atoms with Crippen LogP contribution in [0.4, 0.5) is 0 Å². The number of hydrogen-bond acceptors (Lipinski definition) is 3. The summed E-state index contributed by atoms with van der Waals surface area (Å²) in [6.07, 6.45) is 3.31. The third kappa shape index (κ3) is 2.21. The molecule has 2 saturated heterocycles. The van der Waals surface area contributed by atoms with Gasteiger partial charge in [-0.05, 0) is 42.5 Å². The van der Waals surface area contributed by atoms with Crippen LogP contribution in [0.5, 0.6) is 0 Å². The summed E-state index contributed by atoms with van der Waals surface area (Å²) in [5.41, 5.74) is 3.43. The van der Waals surface area contributed by atoms with Gasteiger partial charge in [0.25, 0.3) is 5.91 Å². The molecule has 0 spiro atoms. The normalized spacial score (nSPS) is 27.2. The second kappa shape index (κ2) is 4.84. The highest BCUT2D eigenvalue weighted by Gasteiger charge is 2.40. The van der Waals surface area contributed by atoms with Gasteiger partial charge in [-0.3, -0.25) is 9.59 Å². The van der Waals surface area contributed by atoms with E-state index in [4.69, 9.17) is 4.74 Å². The van der Waals surface area contributed by atoms with E-state index < -0.39 is 0 Å². The van der Waals surface area contributed by atoms with Gasteiger partial charge in [0.15, 0.2) is 0 Å². The molecule has 0 radical (unpaired) electrons. The van der Waals surface area contributed by atoms with Gasteiger partial charge in [0, 0.05) is 18.7 Å². The van der Waals surface area contributed by atoms with Crippen molar-refractivity contribution in [3.05, 3.63) is 34.9 Å². The molecule has 1 N–H and O–H groups in total. The molecule has 2 atom stereocenters. The molecule has 0 aromatic heterocycles. The fourth-order valence-corrected chi connectivity index (χ4v) is 3.57. The molecule has 2 heterocycles. The number of fused-ring (bicyclic) bond motifs is 2. The second-order valence-electron chi connectivity index (χ2n) is 6.07. The number of amides is 2. The van der Waals surface area contributed by atoms with Crippen molar-refractivity contribution in [1.82, 2.24) is 10.2 Å². The van der Waals surface area contributed by atoms with Crippen molar-refractivity contribution in [1.29, 1.82) is 0 Å². The van der Waals surface area contributed by atoms with Crippen LogP contribution in [-0.2, 0) is 22.4 Å². The van der Waals surface area contributed by atoms with Gasteiger partial charge in [0.1, 0.15) is 6.61 Å². The summed E-state index contributed by atoms with van der Waals surface area (Å²) in [6.45, 7) is 1.19. The summed E-state index contributed by atoms with van der Waals surface area (Å²) < 4.78 is 5.50. The molecule has 1 aromatic rings. The number of morpholine rings is 1. The van der Waals surface area contributed by atoms with Crippen LogP contribution in [0.25, 0.3) is 0 Å². The molecule has 3 aliphatic rings. The standard InChI is InChI=1S/C16H18N2O3/c19-15-9-21-14-8-18(7-13(14)17-15)16(20)12-5-4-10-2-1-3-11(10)6-12/h4-6,13-14H,1-3,7-9H2,(H,17,19)/t13-,14-/m0/s1. The lowest BCUT2D eigenvalue weighted by Crippen LogP contribution is -2.50. The largest absolute Gasteiger partial charge is 0.364 e. The third-order valence-electron chi connectivity index (χ3n) is 4.67. The highest BCUT2D eigenvalue weighted by Crippen LogP contribution is 2.25. The maximum absolute atomic E-state index is 12.6. The van der Waals surface area contributed by atoms with Crippen LogP contribution in [0.1, 0.15) is 27.9 Å².